The number of aryl methyl sites for hydroxylation is 1. The number of hydrogen-bond donors (Lipinski definition) is 1. The number of benzene rings is 1. The molecule has 1 aromatic heterocycles. The molecule has 116 valence electrons. The molecule has 0 aliphatic heterocycles. The van der Waals surface area contributed by atoms with Gasteiger partial charge in [-0.25, -0.2) is 4.79 Å². The predicted molar refractivity (Wildman–Crippen MR) is 89.1 cm³/mol. The molecular formula is C19H23NO2. The van der Waals surface area contributed by atoms with Crippen molar-refractivity contribution in [2.45, 2.75) is 45.4 Å². The highest BCUT2D eigenvalue weighted by molar-refractivity contribution is 5.88. The van der Waals surface area contributed by atoms with Crippen molar-refractivity contribution >= 4 is 5.97 Å². The summed E-state index contributed by atoms with van der Waals surface area (Å²) in [5.41, 5.74) is 3.39. The van der Waals surface area contributed by atoms with Crippen molar-refractivity contribution in [3.8, 4) is 11.3 Å². The Balaban J connectivity index is 1.92. The van der Waals surface area contributed by atoms with Gasteiger partial charge >= 0.3 is 5.97 Å². The van der Waals surface area contributed by atoms with Crippen LogP contribution in [0.15, 0.2) is 42.6 Å². The lowest BCUT2D eigenvalue weighted by Gasteiger charge is -2.04. The summed E-state index contributed by atoms with van der Waals surface area (Å²) in [4.78, 5) is 15.3. The Bertz CT molecular complexity index is 588. The molecule has 0 saturated heterocycles. The smallest absolute Gasteiger partial charge is 0.335 e. The van der Waals surface area contributed by atoms with E-state index in [4.69, 9.17) is 5.11 Å². The van der Waals surface area contributed by atoms with Gasteiger partial charge < -0.3 is 5.11 Å². The summed E-state index contributed by atoms with van der Waals surface area (Å²) in [7, 11) is 0. The molecule has 0 radical (unpaired) electrons. The zero-order chi connectivity index (χ0) is 15.8. The van der Waals surface area contributed by atoms with Crippen LogP contribution in [0.25, 0.3) is 11.3 Å². The first kappa shape index (κ1) is 16.2. The molecule has 0 atom stereocenters. The lowest BCUT2D eigenvalue weighted by atomic mass is 10.0. The van der Waals surface area contributed by atoms with Crippen molar-refractivity contribution in [2.24, 2.45) is 0 Å². The minimum Gasteiger partial charge on any atom is -0.478 e. The summed E-state index contributed by atoms with van der Waals surface area (Å²) in [6.07, 6.45) is 9.42. The molecule has 1 heterocycles. The van der Waals surface area contributed by atoms with Crippen LogP contribution in [0.5, 0.6) is 0 Å². The number of aromatic nitrogens is 1. The molecule has 2 aromatic rings. The van der Waals surface area contributed by atoms with Gasteiger partial charge in [0.15, 0.2) is 0 Å². The van der Waals surface area contributed by atoms with Crippen LogP contribution in [0.2, 0.25) is 0 Å². The minimum atomic E-state index is -0.905. The Morgan fingerprint density at radius 1 is 1.00 bits per heavy atom. The fourth-order valence-electron chi connectivity index (χ4n) is 2.46. The fraction of sp³-hybridized carbons (Fsp3) is 0.368. The largest absolute Gasteiger partial charge is 0.478 e. The third kappa shape index (κ3) is 4.69. The quantitative estimate of drug-likeness (QED) is 0.701. The Labute approximate surface area is 132 Å². The summed E-state index contributed by atoms with van der Waals surface area (Å²) >= 11 is 0. The van der Waals surface area contributed by atoms with Gasteiger partial charge in [0.1, 0.15) is 0 Å². The van der Waals surface area contributed by atoms with Gasteiger partial charge in [-0.3, -0.25) is 4.98 Å². The van der Waals surface area contributed by atoms with Gasteiger partial charge in [0, 0.05) is 11.8 Å². The lowest BCUT2D eigenvalue weighted by molar-refractivity contribution is 0.0697. The molecule has 2 rings (SSSR count). The van der Waals surface area contributed by atoms with Gasteiger partial charge in [-0.1, -0.05) is 50.8 Å². The van der Waals surface area contributed by atoms with Crippen LogP contribution >= 0.6 is 0 Å². The lowest BCUT2D eigenvalue weighted by Crippen LogP contribution is -1.95. The third-order valence-corrected chi connectivity index (χ3v) is 3.82. The maximum Gasteiger partial charge on any atom is 0.335 e. The maximum absolute atomic E-state index is 10.8. The van der Waals surface area contributed by atoms with E-state index in [0.29, 0.717) is 5.56 Å². The number of hydrogen-bond acceptors (Lipinski definition) is 2. The highest BCUT2D eigenvalue weighted by atomic mass is 16.4. The molecule has 1 N–H and O–H groups in total. The number of carboxylic acid groups (broad SMARTS) is 1. The highest BCUT2D eigenvalue weighted by Gasteiger charge is 2.04. The Morgan fingerprint density at radius 2 is 1.73 bits per heavy atom. The van der Waals surface area contributed by atoms with E-state index in [1.54, 1.807) is 24.3 Å². The van der Waals surface area contributed by atoms with Crippen LogP contribution in [0, 0.1) is 0 Å². The van der Waals surface area contributed by atoms with Gasteiger partial charge in [0.2, 0.25) is 0 Å². The molecule has 0 aliphatic carbocycles. The molecule has 0 spiro atoms. The first-order valence-electron chi connectivity index (χ1n) is 7.99. The first-order chi connectivity index (χ1) is 10.7. The number of rotatable bonds is 8. The van der Waals surface area contributed by atoms with Crippen LogP contribution in [0.1, 0.15) is 54.9 Å². The minimum absolute atomic E-state index is 0.299. The number of pyridine rings is 1. The summed E-state index contributed by atoms with van der Waals surface area (Å²) in [5.74, 6) is -0.905. The molecule has 3 nitrogen and oxygen atoms in total. The second kappa shape index (κ2) is 8.32. The predicted octanol–water partition coefficient (Wildman–Crippen LogP) is 4.96. The summed E-state index contributed by atoms with van der Waals surface area (Å²) in [6, 6.07) is 11.0. The van der Waals surface area contributed by atoms with Crippen LogP contribution in [0.4, 0.5) is 0 Å². The van der Waals surface area contributed by atoms with E-state index in [9.17, 15) is 4.79 Å². The van der Waals surface area contributed by atoms with Gasteiger partial charge in [-0.2, -0.15) is 0 Å². The number of aromatic carboxylic acids is 1. The van der Waals surface area contributed by atoms with Gasteiger partial charge in [0.25, 0.3) is 0 Å². The van der Waals surface area contributed by atoms with Crippen LogP contribution in [-0.2, 0) is 6.42 Å². The van der Waals surface area contributed by atoms with Crippen molar-refractivity contribution in [3.63, 3.8) is 0 Å². The standard InChI is InChI=1S/C19H23NO2/c1-2-3-4-5-6-7-15-8-13-18(20-14-15)16-9-11-17(12-10-16)19(21)22/h8-14H,2-7H2,1H3,(H,21,22). The fourth-order valence-corrected chi connectivity index (χ4v) is 2.46. The van der Waals surface area contributed by atoms with Crippen LogP contribution in [-0.4, -0.2) is 16.1 Å². The summed E-state index contributed by atoms with van der Waals surface area (Å²) in [5, 5.41) is 8.90. The van der Waals surface area contributed by atoms with Crippen molar-refractivity contribution in [3.05, 3.63) is 53.7 Å². The maximum atomic E-state index is 10.8. The van der Waals surface area contributed by atoms with E-state index in [1.807, 2.05) is 12.3 Å². The van der Waals surface area contributed by atoms with Crippen LogP contribution < -0.4 is 0 Å². The molecular weight excluding hydrogens is 274 g/mol. The molecule has 0 aliphatic rings. The van der Waals surface area contributed by atoms with E-state index < -0.39 is 5.97 Å². The SMILES string of the molecule is CCCCCCCc1ccc(-c2ccc(C(=O)O)cc2)nc1. The topological polar surface area (TPSA) is 50.2 Å². The Morgan fingerprint density at radius 3 is 2.32 bits per heavy atom. The summed E-state index contributed by atoms with van der Waals surface area (Å²) < 4.78 is 0. The van der Waals surface area contributed by atoms with E-state index in [-0.39, 0.29) is 0 Å². The van der Waals surface area contributed by atoms with E-state index in [2.05, 4.69) is 18.0 Å². The van der Waals surface area contributed by atoms with Crippen LogP contribution in [0.3, 0.4) is 0 Å². The van der Waals surface area contributed by atoms with Crippen molar-refractivity contribution in [1.29, 1.82) is 0 Å². The Hall–Kier alpha value is -2.16. The number of unbranched alkanes of at least 4 members (excludes halogenated alkanes) is 4. The molecule has 0 saturated carbocycles. The zero-order valence-corrected chi connectivity index (χ0v) is 13.1. The zero-order valence-electron chi connectivity index (χ0n) is 13.1. The highest BCUT2D eigenvalue weighted by Crippen LogP contribution is 2.18. The Kier molecular flexibility index (Phi) is 6.13. The van der Waals surface area contributed by atoms with Crippen molar-refractivity contribution in [1.82, 2.24) is 4.98 Å². The van der Waals surface area contributed by atoms with E-state index in [1.165, 1.54) is 37.7 Å². The number of nitrogens with zero attached hydrogens (tertiary/aromatic N) is 1. The molecule has 22 heavy (non-hydrogen) atoms. The second-order valence-corrected chi connectivity index (χ2v) is 5.60. The third-order valence-electron chi connectivity index (χ3n) is 3.82. The van der Waals surface area contributed by atoms with E-state index in [0.717, 1.165) is 17.7 Å². The molecule has 0 fully saturated rings. The van der Waals surface area contributed by atoms with Gasteiger partial charge in [0.05, 0.1) is 11.3 Å². The molecule has 3 heteroatoms. The van der Waals surface area contributed by atoms with Crippen molar-refractivity contribution in [2.75, 3.05) is 0 Å². The van der Waals surface area contributed by atoms with Crippen molar-refractivity contribution < 1.29 is 9.90 Å². The molecule has 0 bridgehead atoms. The molecule has 0 unspecified atom stereocenters. The summed E-state index contributed by atoms with van der Waals surface area (Å²) in [6.45, 7) is 2.23. The molecule has 1 aromatic carbocycles. The number of carbonyl (C=O) groups is 1. The molecule has 0 amide bonds. The normalized spacial score (nSPS) is 10.6. The van der Waals surface area contributed by atoms with Gasteiger partial charge in [-0.05, 0) is 36.6 Å². The number of carboxylic acids is 1. The second-order valence-electron chi connectivity index (χ2n) is 5.60. The van der Waals surface area contributed by atoms with E-state index >= 15 is 0 Å². The monoisotopic (exact) mass is 297 g/mol. The first-order valence-corrected chi connectivity index (χ1v) is 7.99. The van der Waals surface area contributed by atoms with Gasteiger partial charge in [-0.15, -0.1) is 0 Å². The average molecular weight is 297 g/mol. The average Bonchev–Trinajstić information content (AvgIpc) is 2.55.